The highest BCUT2D eigenvalue weighted by molar-refractivity contribution is 6.00. The van der Waals surface area contributed by atoms with E-state index in [0.29, 0.717) is 23.0 Å². The number of rotatable bonds is 4. The lowest BCUT2D eigenvalue weighted by molar-refractivity contribution is 0.301. The van der Waals surface area contributed by atoms with Gasteiger partial charge in [0.15, 0.2) is 5.84 Å². The van der Waals surface area contributed by atoms with Crippen molar-refractivity contribution in [2.45, 2.75) is 25.7 Å². The quantitative estimate of drug-likeness (QED) is 0.324. The number of likely N-dealkylation sites (tertiary alicyclic amines) is 1. The summed E-state index contributed by atoms with van der Waals surface area (Å²) >= 11 is 0. The Kier molecular flexibility index (Phi) is 5.46. The van der Waals surface area contributed by atoms with Gasteiger partial charge < -0.3 is 14.8 Å². The van der Waals surface area contributed by atoms with E-state index in [9.17, 15) is 5.21 Å². The Balaban J connectivity index is 1.57. The summed E-state index contributed by atoms with van der Waals surface area (Å²) < 4.78 is 7.68. The number of hydrogen-bond donors (Lipinski definition) is 1. The number of aromatic nitrogens is 4. The van der Waals surface area contributed by atoms with Gasteiger partial charge in [0.25, 0.3) is 0 Å². The van der Waals surface area contributed by atoms with E-state index in [1.807, 2.05) is 36.4 Å². The maximum atomic E-state index is 9.70. The molecule has 0 saturated carbocycles. The molecule has 1 aromatic carbocycles. The smallest absolute Gasteiger partial charge is 0.230 e. The lowest BCUT2D eigenvalue weighted by Crippen LogP contribution is -2.33. The largest absolute Gasteiger partial charge is 0.438 e. The maximum Gasteiger partial charge on any atom is 0.230 e. The topological polar surface area (TPSA) is 88.7 Å². The van der Waals surface area contributed by atoms with Crippen LogP contribution in [0.15, 0.2) is 60.4 Å². The average Bonchev–Trinajstić information content (AvgIpc) is 3.14. The second-order valence-corrected chi connectivity index (χ2v) is 6.62. The van der Waals surface area contributed by atoms with E-state index in [0.717, 1.165) is 31.6 Å². The summed E-state index contributed by atoms with van der Waals surface area (Å²) in [6, 6.07) is 11.2. The summed E-state index contributed by atoms with van der Waals surface area (Å²) in [5, 5.41) is 17.4. The zero-order valence-electron chi connectivity index (χ0n) is 15.5. The first-order valence-corrected chi connectivity index (χ1v) is 9.40. The van der Waals surface area contributed by atoms with Crippen LogP contribution in [-0.2, 0) is 0 Å². The van der Waals surface area contributed by atoms with Crippen molar-refractivity contribution < 1.29 is 9.94 Å². The molecule has 3 aromatic rings. The van der Waals surface area contributed by atoms with Gasteiger partial charge in [0.05, 0.1) is 11.3 Å². The van der Waals surface area contributed by atoms with E-state index in [2.05, 4.69) is 25.1 Å². The van der Waals surface area contributed by atoms with Gasteiger partial charge >= 0.3 is 0 Å². The Labute approximate surface area is 163 Å². The molecule has 4 rings (SSSR count). The van der Waals surface area contributed by atoms with Crippen LogP contribution in [0.5, 0.6) is 11.6 Å². The Bertz CT molecular complexity index is 916. The van der Waals surface area contributed by atoms with Crippen LogP contribution in [0.2, 0.25) is 0 Å². The predicted octanol–water partition coefficient (Wildman–Crippen LogP) is 3.47. The van der Waals surface area contributed by atoms with Crippen molar-refractivity contribution in [2.75, 3.05) is 13.1 Å². The van der Waals surface area contributed by atoms with E-state index in [-0.39, 0.29) is 0 Å². The Morgan fingerprint density at radius 3 is 2.50 bits per heavy atom. The summed E-state index contributed by atoms with van der Waals surface area (Å²) in [7, 11) is 0. The van der Waals surface area contributed by atoms with Gasteiger partial charge in [0.1, 0.15) is 18.4 Å². The molecule has 1 fully saturated rings. The molecule has 2 aromatic heterocycles. The van der Waals surface area contributed by atoms with Crippen LogP contribution in [-0.4, -0.2) is 48.8 Å². The summed E-state index contributed by atoms with van der Waals surface area (Å²) in [6.07, 6.45) is 9.35. The molecule has 0 atom stereocenters. The third-order valence-electron chi connectivity index (χ3n) is 4.75. The molecule has 8 nitrogen and oxygen atoms in total. The minimum atomic E-state index is 0.410. The second-order valence-electron chi connectivity index (χ2n) is 6.62. The Hall–Kier alpha value is -3.42. The molecule has 28 heavy (non-hydrogen) atoms. The number of oxime groups is 1. The molecule has 8 heteroatoms. The second kappa shape index (κ2) is 8.51. The molecule has 3 heterocycles. The number of benzene rings is 1. The number of nitrogens with zero attached hydrogens (tertiary/aromatic N) is 6. The summed E-state index contributed by atoms with van der Waals surface area (Å²) in [5.74, 6) is 1.55. The highest BCUT2D eigenvalue weighted by Crippen LogP contribution is 2.26. The van der Waals surface area contributed by atoms with Crippen LogP contribution in [0.1, 0.15) is 31.2 Å². The predicted molar refractivity (Wildman–Crippen MR) is 104 cm³/mol. The molecule has 1 aliphatic heterocycles. The Morgan fingerprint density at radius 2 is 1.82 bits per heavy atom. The lowest BCUT2D eigenvalue weighted by Gasteiger charge is -2.24. The SMILES string of the molecule is O/N=C(/c1cccnc1Oc1ccc(-n2cncn2)cc1)N1CCCCCC1. The molecule has 0 radical (unpaired) electrons. The Morgan fingerprint density at radius 1 is 1.04 bits per heavy atom. The molecule has 144 valence electrons. The highest BCUT2D eigenvalue weighted by Gasteiger charge is 2.20. The van der Waals surface area contributed by atoms with Crippen molar-refractivity contribution in [1.82, 2.24) is 24.6 Å². The number of hydrogen-bond acceptors (Lipinski definition) is 6. The molecule has 0 unspecified atom stereocenters. The highest BCUT2D eigenvalue weighted by atomic mass is 16.5. The monoisotopic (exact) mass is 378 g/mol. The van der Waals surface area contributed by atoms with E-state index >= 15 is 0 Å². The van der Waals surface area contributed by atoms with E-state index in [1.165, 1.54) is 19.2 Å². The van der Waals surface area contributed by atoms with Crippen molar-refractivity contribution >= 4 is 5.84 Å². The molecule has 1 N–H and O–H groups in total. The first-order chi connectivity index (χ1) is 13.8. The molecular formula is C20H22N6O2. The van der Waals surface area contributed by atoms with Crippen molar-refractivity contribution in [2.24, 2.45) is 5.16 Å². The normalized spacial score (nSPS) is 15.3. The van der Waals surface area contributed by atoms with Crippen molar-refractivity contribution in [3.05, 3.63) is 60.8 Å². The van der Waals surface area contributed by atoms with Gasteiger partial charge in [-0.3, -0.25) is 0 Å². The zero-order valence-corrected chi connectivity index (χ0v) is 15.5. The number of ether oxygens (including phenoxy) is 1. The molecule has 0 amide bonds. The van der Waals surface area contributed by atoms with E-state index < -0.39 is 0 Å². The maximum absolute atomic E-state index is 9.70. The van der Waals surface area contributed by atoms with Crippen LogP contribution < -0.4 is 4.74 Å². The van der Waals surface area contributed by atoms with Crippen LogP contribution >= 0.6 is 0 Å². The van der Waals surface area contributed by atoms with Gasteiger partial charge in [-0.2, -0.15) is 5.10 Å². The molecular weight excluding hydrogens is 356 g/mol. The van der Waals surface area contributed by atoms with Crippen molar-refractivity contribution in [1.29, 1.82) is 0 Å². The van der Waals surface area contributed by atoms with E-state index in [4.69, 9.17) is 4.74 Å². The van der Waals surface area contributed by atoms with Gasteiger partial charge in [-0.1, -0.05) is 18.0 Å². The fourth-order valence-electron chi connectivity index (χ4n) is 3.33. The van der Waals surface area contributed by atoms with Crippen LogP contribution in [0.25, 0.3) is 5.69 Å². The molecule has 0 aliphatic carbocycles. The first-order valence-electron chi connectivity index (χ1n) is 9.40. The van der Waals surface area contributed by atoms with Crippen LogP contribution in [0, 0.1) is 0 Å². The van der Waals surface area contributed by atoms with Crippen molar-refractivity contribution in [3.63, 3.8) is 0 Å². The van der Waals surface area contributed by atoms with Gasteiger partial charge in [-0.05, 0) is 49.2 Å². The molecule has 0 bridgehead atoms. The first kappa shape index (κ1) is 18.0. The molecule has 0 spiro atoms. The van der Waals surface area contributed by atoms with E-state index in [1.54, 1.807) is 17.2 Å². The third-order valence-corrected chi connectivity index (χ3v) is 4.75. The number of pyridine rings is 1. The van der Waals surface area contributed by atoms with Gasteiger partial charge in [0.2, 0.25) is 5.88 Å². The van der Waals surface area contributed by atoms with Crippen molar-refractivity contribution in [3.8, 4) is 17.3 Å². The fourth-order valence-corrected chi connectivity index (χ4v) is 3.33. The van der Waals surface area contributed by atoms with Crippen LogP contribution in [0.4, 0.5) is 0 Å². The molecule has 1 saturated heterocycles. The minimum absolute atomic E-state index is 0.410. The zero-order chi connectivity index (χ0) is 19.2. The number of amidine groups is 1. The van der Waals surface area contributed by atoms with Gasteiger partial charge in [0, 0.05) is 19.3 Å². The summed E-state index contributed by atoms with van der Waals surface area (Å²) in [5.41, 5.74) is 1.56. The standard InChI is InChI=1S/C20H22N6O2/c27-24-19(25-12-3-1-2-4-13-25)18-6-5-11-22-20(18)28-17-9-7-16(8-10-17)26-15-21-14-23-26/h5-11,14-15,27H,1-4,12-13H2/b24-19-. The summed E-state index contributed by atoms with van der Waals surface area (Å²) in [4.78, 5) is 10.4. The summed E-state index contributed by atoms with van der Waals surface area (Å²) in [6.45, 7) is 1.72. The van der Waals surface area contributed by atoms with Gasteiger partial charge in [-0.25, -0.2) is 14.6 Å². The average molecular weight is 378 g/mol. The fraction of sp³-hybridized carbons (Fsp3) is 0.300. The van der Waals surface area contributed by atoms with Gasteiger partial charge in [-0.15, -0.1) is 0 Å². The lowest BCUT2D eigenvalue weighted by atomic mass is 10.2. The van der Waals surface area contributed by atoms with Crippen LogP contribution in [0.3, 0.4) is 0 Å². The minimum Gasteiger partial charge on any atom is -0.438 e. The molecule has 1 aliphatic rings. The third kappa shape index (κ3) is 3.95.